The van der Waals surface area contributed by atoms with Crippen molar-refractivity contribution in [1.82, 2.24) is 14.1 Å². The molecule has 0 saturated carbocycles. The van der Waals surface area contributed by atoms with Gasteiger partial charge in [-0.2, -0.15) is 9.40 Å². The van der Waals surface area contributed by atoms with Crippen LogP contribution < -0.4 is 5.32 Å². The average molecular weight is 489 g/mol. The molecule has 0 bridgehead atoms. The number of aromatic nitrogens is 2. The molecular weight excluding hydrogens is 460 g/mol. The van der Waals surface area contributed by atoms with Crippen molar-refractivity contribution in [1.29, 1.82) is 0 Å². The van der Waals surface area contributed by atoms with Crippen LogP contribution in [-0.4, -0.2) is 41.0 Å². The Bertz CT molecular complexity index is 1210. The Morgan fingerprint density at radius 1 is 1.09 bits per heavy atom. The molecule has 33 heavy (non-hydrogen) atoms. The van der Waals surface area contributed by atoms with Gasteiger partial charge in [0.15, 0.2) is 0 Å². The zero-order valence-corrected chi connectivity index (χ0v) is 21.0. The van der Waals surface area contributed by atoms with Gasteiger partial charge in [-0.05, 0) is 50.2 Å². The van der Waals surface area contributed by atoms with Gasteiger partial charge in [-0.15, -0.1) is 0 Å². The Balaban J connectivity index is 1.90. The molecule has 0 radical (unpaired) electrons. The van der Waals surface area contributed by atoms with Crippen molar-refractivity contribution in [2.24, 2.45) is 0 Å². The first-order valence-electron chi connectivity index (χ1n) is 10.6. The standard InChI is InChI=1S/C24H29ClN4O3S/c1-17(2)28(33(31,32)20-13-11-18(25)12-14-20)16-23(30)26-22-15-21(24(3,4)5)27-29(22)19-9-7-6-8-10-19/h6-15,17H,16H2,1-5H3,(H,26,30). The second kappa shape index (κ2) is 9.67. The van der Waals surface area contributed by atoms with Gasteiger partial charge in [0.05, 0.1) is 22.8 Å². The predicted molar refractivity (Wildman–Crippen MR) is 131 cm³/mol. The summed E-state index contributed by atoms with van der Waals surface area (Å²) in [7, 11) is -3.89. The molecule has 1 aromatic heterocycles. The number of hydrogen-bond donors (Lipinski definition) is 1. The molecule has 1 heterocycles. The maximum absolute atomic E-state index is 13.2. The molecule has 3 aromatic rings. The lowest BCUT2D eigenvalue weighted by Gasteiger charge is -2.25. The molecule has 9 heteroatoms. The van der Waals surface area contributed by atoms with Gasteiger partial charge in [0.1, 0.15) is 5.82 Å². The van der Waals surface area contributed by atoms with E-state index >= 15 is 0 Å². The van der Waals surface area contributed by atoms with E-state index in [-0.39, 0.29) is 16.9 Å². The van der Waals surface area contributed by atoms with Gasteiger partial charge < -0.3 is 5.32 Å². The quantitative estimate of drug-likeness (QED) is 0.514. The first kappa shape index (κ1) is 25.0. The lowest BCUT2D eigenvalue weighted by Crippen LogP contribution is -2.42. The number of carbonyl (C=O) groups is 1. The van der Waals surface area contributed by atoms with Gasteiger partial charge in [-0.1, -0.05) is 50.6 Å². The van der Waals surface area contributed by atoms with Crippen LogP contribution in [0.2, 0.25) is 5.02 Å². The van der Waals surface area contributed by atoms with Crippen LogP contribution in [-0.2, 0) is 20.2 Å². The lowest BCUT2D eigenvalue weighted by atomic mass is 9.92. The normalized spacial score (nSPS) is 12.4. The number of para-hydroxylation sites is 1. The number of benzene rings is 2. The molecule has 1 amide bonds. The molecule has 0 aliphatic heterocycles. The summed E-state index contributed by atoms with van der Waals surface area (Å²) >= 11 is 5.90. The molecule has 0 aliphatic rings. The zero-order valence-electron chi connectivity index (χ0n) is 19.4. The maximum atomic E-state index is 13.2. The summed E-state index contributed by atoms with van der Waals surface area (Å²) in [5.74, 6) is 0.0162. The largest absolute Gasteiger partial charge is 0.309 e. The van der Waals surface area contributed by atoms with Crippen molar-refractivity contribution in [2.75, 3.05) is 11.9 Å². The van der Waals surface area contributed by atoms with Crippen LogP contribution in [0.1, 0.15) is 40.3 Å². The summed E-state index contributed by atoms with van der Waals surface area (Å²) in [5.41, 5.74) is 1.36. The van der Waals surface area contributed by atoms with E-state index in [9.17, 15) is 13.2 Å². The minimum Gasteiger partial charge on any atom is -0.309 e. The van der Waals surface area contributed by atoms with E-state index in [1.54, 1.807) is 18.5 Å². The summed E-state index contributed by atoms with van der Waals surface area (Å²) in [6.07, 6.45) is 0. The molecule has 7 nitrogen and oxygen atoms in total. The van der Waals surface area contributed by atoms with Crippen LogP contribution in [0.4, 0.5) is 5.82 Å². The third kappa shape index (κ3) is 5.82. The second-order valence-corrected chi connectivity index (χ2v) is 11.4. The maximum Gasteiger partial charge on any atom is 0.243 e. The molecule has 2 aromatic carbocycles. The third-order valence-corrected chi connectivity index (χ3v) is 7.33. The van der Waals surface area contributed by atoms with Gasteiger partial charge in [0.25, 0.3) is 0 Å². The summed E-state index contributed by atoms with van der Waals surface area (Å²) in [6.45, 7) is 9.23. The van der Waals surface area contributed by atoms with Crippen molar-refractivity contribution < 1.29 is 13.2 Å². The number of halogens is 1. The van der Waals surface area contributed by atoms with Crippen molar-refractivity contribution >= 4 is 33.3 Å². The van der Waals surface area contributed by atoms with E-state index in [1.807, 2.05) is 57.2 Å². The van der Waals surface area contributed by atoms with E-state index in [0.29, 0.717) is 10.8 Å². The molecule has 0 atom stereocenters. The van der Waals surface area contributed by atoms with E-state index in [2.05, 4.69) is 10.4 Å². The Kier molecular flexibility index (Phi) is 7.31. The topological polar surface area (TPSA) is 84.3 Å². The van der Waals surface area contributed by atoms with E-state index < -0.39 is 22.0 Å². The molecular formula is C24H29ClN4O3S. The third-order valence-electron chi connectivity index (χ3n) is 5.04. The van der Waals surface area contributed by atoms with E-state index in [0.717, 1.165) is 11.4 Å². The fourth-order valence-electron chi connectivity index (χ4n) is 3.21. The summed E-state index contributed by atoms with van der Waals surface area (Å²) in [6, 6.07) is 16.7. The van der Waals surface area contributed by atoms with Crippen LogP contribution >= 0.6 is 11.6 Å². The van der Waals surface area contributed by atoms with Gasteiger partial charge >= 0.3 is 0 Å². The van der Waals surface area contributed by atoms with Crippen LogP contribution in [0.3, 0.4) is 0 Å². The number of nitrogens with zero attached hydrogens (tertiary/aromatic N) is 3. The zero-order chi connectivity index (χ0) is 24.4. The molecule has 0 unspecified atom stereocenters. The SMILES string of the molecule is CC(C)N(CC(=O)Nc1cc(C(C)(C)C)nn1-c1ccccc1)S(=O)(=O)c1ccc(Cl)cc1. The minimum atomic E-state index is -3.89. The van der Waals surface area contributed by atoms with Gasteiger partial charge in [0, 0.05) is 22.5 Å². The Labute approximate surface area is 200 Å². The number of nitrogens with one attached hydrogen (secondary N) is 1. The molecule has 0 fully saturated rings. The van der Waals surface area contributed by atoms with Crippen LogP contribution in [0.25, 0.3) is 5.69 Å². The minimum absolute atomic E-state index is 0.0812. The number of carbonyl (C=O) groups excluding carboxylic acids is 1. The van der Waals surface area contributed by atoms with E-state index in [4.69, 9.17) is 11.6 Å². The average Bonchev–Trinajstić information content (AvgIpc) is 3.17. The Morgan fingerprint density at radius 3 is 2.24 bits per heavy atom. The fraction of sp³-hybridized carbons (Fsp3) is 0.333. The Hall–Kier alpha value is -2.68. The molecule has 0 spiro atoms. The van der Waals surface area contributed by atoms with Crippen LogP contribution in [0.15, 0.2) is 65.6 Å². The van der Waals surface area contributed by atoms with Crippen molar-refractivity contribution in [3.63, 3.8) is 0 Å². The monoisotopic (exact) mass is 488 g/mol. The number of anilines is 1. The highest BCUT2D eigenvalue weighted by atomic mass is 35.5. The molecule has 0 saturated heterocycles. The van der Waals surface area contributed by atoms with Crippen molar-refractivity contribution in [3.8, 4) is 5.69 Å². The lowest BCUT2D eigenvalue weighted by molar-refractivity contribution is -0.116. The second-order valence-electron chi connectivity index (χ2n) is 9.06. The van der Waals surface area contributed by atoms with Crippen molar-refractivity contribution in [3.05, 3.63) is 71.4 Å². The molecule has 3 rings (SSSR count). The highest BCUT2D eigenvalue weighted by molar-refractivity contribution is 7.89. The Morgan fingerprint density at radius 2 is 1.70 bits per heavy atom. The number of hydrogen-bond acceptors (Lipinski definition) is 4. The first-order valence-corrected chi connectivity index (χ1v) is 12.4. The van der Waals surface area contributed by atoms with Crippen LogP contribution in [0, 0.1) is 0 Å². The molecule has 176 valence electrons. The predicted octanol–water partition coefficient (Wildman–Crippen LogP) is 4.86. The molecule has 0 aliphatic carbocycles. The first-order chi connectivity index (χ1) is 15.4. The fourth-order valence-corrected chi connectivity index (χ4v) is 4.93. The molecule has 1 N–H and O–H groups in total. The number of sulfonamides is 1. The van der Waals surface area contributed by atoms with Gasteiger partial charge in [-0.3, -0.25) is 4.79 Å². The van der Waals surface area contributed by atoms with Gasteiger partial charge in [0.2, 0.25) is 15.9 Å². The number of amides is 1. The van der Waals surface area contributed by atoms with E-state index in [1.165, 1.54) is 28.6 Å². The van der Waals surface area contributed by atoms with Crippen LogP contribution in [0.5, 0.6) is 0 Å². The highest BCUT2D eigenvalue weighted by Gasteiger charge is 2.30. The smallest absolute Gasteiger partial charge is 0.243 e. The summed E-state index contributed by atoms with van der Waals surface area (Å²) in [4.78, 5) is 13.1. The van der Waals surface area contributed by atoms with Crippen molar-refractivity contribution in [2.45, 2.75) is 51.0 Å². The summed E-state index contributed by atoms with van der Waals surface area (Å²) in [5, 5.41) is 7.97. The van der Waals surface area contributed by atoms with Gasteiger partial charge in [-0.25, -0.2) is 13.1 Å². The number of rotatable bonds is 7. The summed E-state index contributed by atoms with van der Waals surface area (Å²) < 4.78 is 29.2. The highest BCUT2D eigenvalue weighted by Crippen LogP contribution is 2.27.